The Kier molecular flexibility index (Phi) is 3.75. The molecule has 3 rings (SSSR count). The highest BCUT2D eigenvalue weighted by Crippen LogP contribution is 2.16. The van der Waals surface area contributed by atoms with Crippen LogP contribution >= 0.6 is 0 Å². The van der Waals surface area contributed by atoms with Crippen LogP contribution in [0.15, 0.2) is 66.9 Å². The van der Waals surface area contributed by atoms with Crippen LogP contribution < -0.4 is 5.32 Å². The summed E-state index contributed by atoms with van der Waals surface area (Å²) < 4.78 is 0. The number of pyridine rings is 1. The van der Waals surface area contributed by atoms with Crippen LogP contribution in [-0.2, 0) is 6.54 Å². The second-order valence-electron chi connectivity index (χ2n) is 5.04. The van der Waals surface area contributed by atoms with Crippen LogP contribution in [0.2, 0.25) is 0 Å². The number of nitrogens with zero attached hydrogens (tertiary/aromatic N) is 1. The van der Waals surface area contributed by atoms with Crippen molar-refractivity contribution >= 4 is 10.8 Å². The molecule has 0 aliphatic carbocycles. The van der Waals surface area contributed by atoms with Crippen LogP contribution in [0.3, 0.4) is 0 Å². The molecule has 0 unspecified atom stereocenters. The van der Waals surface area contributed by atoms with Crippen LogP contribution in [0.5, 0.6) is 0 Å². The Morgan fingerprint density at radius 1 is 0.950 bits per heavy atom. The lowest BCUT2D eigenvalue weighted by molar-refractivity contribution is 0.562. The van der Waals surface area contributed by atoms with Gasteiger partial charge in [0.15, 0.2) is 0 Å². The summed E-state index contributed by atoms with van der Waals surface area (Å²) in [5.74, 6) is 0. The van der Waals surface area contributed by atoms with Crippen molar-refractivity contribution in [3.05, 3.63) is 78.1 Å². The molecule has 0 spiro atoms. The minimum atomic E-state index is 0.252. The van der Waals surface area contributed by atoms with Gasteiger partial charge in [0.2, 0.25) is 0 Å². The molecular weight excluding hydrogens is 244 g/mol. The number of aromatic nitrogens is 1. The fourth-order valence-electron chi connectivity index (χ4n) is 2.36. The van der Waals surface area contributed by atoms with E-state index in [1.807, 2.05) is 18.3 Å². The van der Waals surface area contributed by atoms with E-state index in [0.717, 1.165) is 12.2 Å². The smallest absolute Gasteiger partial charge is 0.0570 e. The maximum absolute atomic E-state index is 4.38. The first-order valence-electron chi connectivity index (χ1n) is 6.95. The number of fused-ring (bicyclic) bond motifs is 1. The summed E-state index contributed by atoms with van der Waals surface area (Å²) >= 11 is 0. The van der Waals surface area contributed by atoms with Crippen LogP contribution in [0.25, 0.3) is 10.8 Å². The molecule has 1 atom stereocenters. The molecule has 2 aromatic carbocycles. The number of hydrogen-bond donors (Lipinski definition) is 1. The van der Waals surface area contributed by atoms with Gasteiger partial charge in [-0.25, -0.2) is 0 Å². The molecule has 0 saturated heterocycles. The lowest BCUT2D eigenvalue weighted by Gasteiger charge is -2.13. The summed E-state index contributed by atoms with van der Waals surface area (Å²) in [4.78, 5) is 4.38. The number of nitrogens with one attached hydrogen (secondary N) is 1. The molecular formula is C18H18N2. The van der Waals surface area contributed by atoms with Crippen molar-refractivity contribution in [1.29, 1.82) is 0 Å². The van der Waals surface area contributed by atoms with Crippen LogP contribution in [0, 0.1) is 0 Å². The van der Waals surface area contributed by atoms with Crippen molar-refractivity contribution in [2.24, 2.45) is 0 Å². The minimum Gasteiger partial charge on any atom is -0.305 e. The van der Waals surface area contributed by atoms with Gasteiger partial charge in [-0.05, 0) is 41.5 Å². The van der Waals surface area contributed by atoms with Crippen LogP contribution in [0.4, 0.5) is 0 Å². The van der Waals surface area contributed by atoms with Crippen molar-refractivity contribution < 1.29 is 0 Å². The largest absolute Gasteiger partial charge is 0.305 e. The lowest BCUT2D eigenvalue weighted by atomic mass is 10.1. The second kappa shape index (κ2) is 5.85. The third kappa shape index (κ3) is 2.86. The van der Waals surface area contributed by atoms with Gasteiger partial charge in [0.1, 0.15) is 0 Å². The molecule has 0 fully saturated rings. The molecule has 0 aliphatic rings. The van der Waals surface area contributed by atoms with E-state index < -0.39 is 0 Å². The maximum atomic E-state index is 4.38. The Hall–Kier alpha value is -2.19. The normalized spacial score (nSPS) is 12.4. The molecule has 0 aliphatic heterocycles. The zero-order valence-electron chi connectivity index (χ0n) is 11.6. The highest BCUT2D eigenvalue weighted by molar-refractivity contribution is 5.82. The van der Waals surface area contributed by atoms with Gasteiger partial charge in [0.25, 0.3) is 0 Å². The number of rotatable bonds is 4. The highest BCUT2D eigenvalue weighted by atomic mass is 14.9. The van der Waals surface area contributed by atoms with Crippen molar-refractivity contribution in [1.82, 2.24) is 10.3 Å². The van der Waals surface area contributed by atoms with E-state index in [9.17, 15) is 0 Å². The van der Waals surface area contributed by atoms with Gasteiger partial charge in [0, 0.05) is 18.8 Å². The number of benzene rings is 2. The summed E-state index contributed by atoms with van der Waals surface area (Å²) in [6.45, 7) is 2.99. The third-order valence-electron chi connectivity index (χ3n) is 3.56. The van der Waals surface area contributed by atoms with Gasteiger partial charge in [0.05, 0.1) is 5.69 Å². The Balaban J connectivity index is 1.70. The molecule has 0 amide bonds. The molecule has 2 heteroatoms. The molecule has 100 valence electrons. The van der Waals surface area contributed by atoms with Crippen molar-refractivity contribution in [3.8, 4) is 0 Å². The quantitative estimate of drug-likeness (QED) is 0.766. The monoisotopic (exact) mass is 262 g/mol. The van der Waals surface area contributed by atoms with Crippen molar-refractivity contribution in [2.45, 2.75) is 19.5 Å². The maximum Gasteiger partial charge on any atom is 0.0570 e. The van der Waals surface area contributed by atoms with Gasteiger partial charge in [-0.15, -0.1) is 0 Å². The van der Waals surface area contributed by atoms with E-state index in [0.29, 0.717) is 0 Å². The van der Waals surface area contributed by atoms with E-state index in [-0.39, 0.29) is 6.04 Å². The zero-order chi connectivity index (χ0) is 13.8. The second-order valence-corrected chi connectivity index (χ2v) is 5.04. The summed E-state index contributed by atoms with van der Waals surface area (Å²) in [5, 5.41) is 6.09. The first-order valence-corrected chi connectivity index (χ1v) is 6.95. The third-order valence-corrected chi connectivity index (χ3v) is 3.56. The molecule has 1 aromatic heterocycles. The van der Waals surface area contributed by atoms with E-state index in [1.54, 1.807) is 0 Å². The zero-order valence-corrected chi connectivity index (χ0v) is 11.6. The standard InChI is InChI=1S/C18H18N2/c1-14(18-8-4-5-11-19-18)20-13-15-9-10-16-6-2-3-7-17(16)12-15/h2-12,14,20H,13H2,1H3/t14-/m1/s1. The fourth-order valence-corrected chi connectivity index (χ4v) is 2.36. The Morgan fingerprint density at radius 2 is 1.75 bits per heavy atom. The first kappa shape index (κ1) is 12.8. The van der Waals surface area contributed by atoms with Crippen LogP contribution in [0.1, 0.15) is 24.2 Å². The Bertz CT molecular complexity index is 692. The molecule has 1 N–H and O–H groups in total. The molecule has 0 saturated carbocycles. The average molecular weight is 262 g/mol. The fraction of sp³-hybridized carbons (Fsp3) is 0.167. The predicted molar refractivity (Wildman–Crippen MR) is 83.4 cm³/mol. The molecule has 0 bridgehead atoms. The van der Waals surface area contributed by atoms with E-state index in [1.165, 1.54) is 16.3 Å². The van der Waals surface area contributed by atoms with Gasteiger partial charge < -0.3 is 5.32 Å². The molecule has 2 nitrogen and oxygen atoms in total. The van der Waals surface area contributed by atoms with Gasteiger partial charge in [-0.1, -0.05) is 42.5 Å². The molecule has 1 heterocycles. The molecule has 0 radical (unpaired) electrons. The summed E-state index contributed by atoms with van der Waals surface area (Å²) in [7, 11) is 0. The van der Waals surface area contributed by atoms with Gasteiger partial charge in [-0.2, -0.15) is 0 Å². The van der Waals surface area contributed by atoms with E-state index in [4.69, 9.17) is 0 Å². The number of hydrogen-bond acceptors (Lipinski definition) is 2. The molecule has 3 aromatic rings. The van der Waals surface area contributed by atoms with Crippen molar-refractivity contribution in [2.75, 3.05) is 0 Å². The highest BCUT2D eigenvalue weighted by Gasteiger charge is 2.05. The lowest BCUT2D eigenvalue weighted by Crippen LogP contribution is -2.18. The Labute approximate surface area is 119 Å². The van der Waals surface area contributed by atoms with Crippen molar-refractivity contribution in [3.63, 3.8) is 0 Å². The van der Waals surface area contributed by atoms with Crippen LogP contribution in [-0.4, -0.2) is 4.98 Å². The van der Waals surface area contributed by atoms with E-state index >= 15 is 0 Å². The topological polar surface area (TPSA) is 24.9 Å². The minimum absolute atomic E-state index is 0.252. The van der Waals surface area contributed by atoms with Gasteiger partial charge in [-0.3, -0.25) is 4.98 Å². The van der Waals surface area contributed by atoms with E-state index in [2.05, 4.69) is 65.8 Å². The summed E-state index contributed by atoms with van der Waals surface area (Å²) in [6, 6.07) is 21.3. The van der Waals surface area contributed by atoms with Gasteiger partial charge >= 0.3 is 0 Å². The predicted octanol–water partition coefficient (Wildman–Crippen LogP) is 4.09. The Morgan fingerprint density at radius 3 is 2.55 bits per heavy atom. The molecule has 20 heavy (non-hydrogen) atoms. The first-order chi connectivity index (χ1) is 9.83. The summed E-state index contributed by atoms with van der Waals surface area (Å²) in [5.41, 5.74) is 2.37. The average Bonchev–Trinajstić information content (AvgIpc) is 2.53. The SMILES string of the molecule is C[C@@H](NCc1ccc2ccccc2c1)c1ccccn1. The summed E-state index contributed by atoms with van der Waals surface area (Å²) in [6.07, 6.45) is 1.84.